The summed E-state index contributed by atoms with van der Waals surface area (Å²) in [5.41, 5.74) is 3.73. The maximum Gasteiger partial charge on any atom is 0.124 e. The first-order chi connectivity index (χ1) is 9.93. The number of fused-ring (bicyclic) bond motifs is 2. The standard InChI is InChI=1S/C16H15N3S/c1-4-8-15-12(5-1)11-17-9-10-19(15)16-13-6-2-3-7-14(13)18-20-16/h1-8,17H,9-11H2. The molecule has 1 aliphatic rings. The molecule has 0 unspecified atom stereocenters. The van der Waals surface area contributed by atoms with E-state index in [4.69, 9.17) is 0 Å². The number of benzene rings is 2. The van der Waals surface area contributed by atoms with E-state index >= 15 is 0 Å². The van der Waals surface area contributed by atoms with Gasteiger partial charge in [0.15, 0.2) is 0 Å². The van der Waals surface area contributed by atoms with E-state index in [2.05, 4.69) is 57.1 Å². The SMILES string of the molecule is c1ccc2c(c1)CNCCN2c1snc2ccccc12. The van der Waals surface area contributed by atoms with Gasteiger partial charge >= 0.3 is 0 Å². The number of aromatic nitrogens is 1. The third-order valence-corrected chi connectivity index (χ3v) is 4.62. The summed E-state index contributed by atoms with van der Waals surface area (Å²) >= 11 is 1.59. The average Bonchev–Trinajstić information content (AvgIpc) is 2.81. The van der Waals surface area contributed by atoms with Crippen molar-refractivity contribution in [2.24, 2.45) is 0 Å². The fourth-order valence-electron chi connectivity index (χ4n) is 2.74. The molecule has 0 atom stereocenters. The van der Waals surface area contributed by atoms with Gasteiger partial charge < -0.3 is 10.2 Å². The monoisotopic (exact) mass is 281 g/mol. The number of rotatable bonds is 1. The highest BCUT2D eigenvalue weighted by atomic mass is 32.1. The normalized spacial score (nSPS) is 15.1. The van der Waals surface area contributed by atoms with E-state index in [0.29, 0.717) is 0 Å². The van der Waals surface area contributed by atoms with Crippen LogP contribution in [0.25, 0.3) is 10.9 Å². The van der Waals surface area contributed by atoms with Gasteiger partial charge in [0.25, 0.3) is 0 Å². The second-order valence-corrected chi connectivity index (χ2v) is 5.71. The fourth-order valence-corrected chi connectivity index (χ4v) is 3.64. The van der Waals surface area contributed by atoms with Crippen LogP contribution in [0.15, 0.2) is 48.5 Å². The average molecular weight is 281 g/mol. The Hall–Kier alpha value is -1.91. The first-order valence-corrected chi connectivity index (χ1v) is 7.61. The Balaban J connectivity index is 1.89. The molecule has 2 aromatic carbocycles. The lowest BCUT2D eigenvalue weighted by molar-refractivity contribution is 0.713. The Bertz CT molecular complexity index is 750. The molecule has 1 N–H and O–H groups in total. The van der Waals surface area contributed by atoms with Crippen LogP contribution in [-0.2, 0) is 6.54 Å². The van der Waals surface area contributed by atoms with Crippen molar-refractivity contribution < 1.29 is 0 Å². The quantitative estimate of drug-likeness (QED) is 0.739. The minimum absolute atomic E-state index is 0.934. The molecule has 100 valence electrons. The summed E-state index contributed by atoms with van der Waals surface area (Å²) in [6.45, 7) is 2.90. The lowest BCUT2D eigenvalue weighted by Gasteiger charge is -2.22. The zero-order valence-corrected chi connectivity index (χ0v) is 11.9. The van der Waals surface area contributed by atoms with Crippen molar-refractivity contribution >= 4 is 33.1 Å². The summed E-state index contributed by atoms with van der Waals surface area (Å²) in [7, 11) is 0. The molecule has 1 aliphatic heterocycles. The summed E-state index contributed by atoms with van der Waals surface area (Å²) in [6, 6.07) is 17.0. The maximum atomic E-state index is 4.58. The highest BCUT2D eigenvalue weighted by Crippen LogP contribution is 2.37. The summed E-state index contributed by atoms with van der Waals surface area (Å²) in [4.78, 5) is 2.40. The van der Waals surface area contributed by atoms with E-state index in [9.17, 15) is 0 Å². The van der Waals surface area contributed by atoms with Gasteiger partial charge in [0.1, 0.15) is 5.00 Å². The van der Waals surface area contributed by atoms with E-state index < -0.39 is 0 Å². The predicted molar refractivity (Wildman–Crippen MR) is 84.8 cm³/mol. The topological polar surface area (TPSA) is 28.2 Å². The first-order valence-electron chi connectivity index (χ1n) is 6.84. The van der Waals surface area contributed by atoms with Gasteiger partial charge in [-0.1, -0.05) is 30.3 Å². The molecule has 3 aromatic rings. The van der Waals surface area contributed by atoms with E-state index in [1.54, 1.807) is 11.5 Å². The van der Waals surface area contributed by atoms with Gasteiger partial charge in [-0.2, -0.15) is 4.37 Å². The van der Waals surface area contributed by atoms with Crippen molar-refractivity contribution in [2.45, 2.75) is 6.54 Å². The van der Waals surface area contributed by atoms with Crippen LogP contribution in [-0.4, -0.2) is 17.5 Å². The highest BCUT2D eigenvalue weighted by Gasteiger charge is 2.19. The van der Waals surface area contributed by atoms with Crippen LogP contribution >= 0.6 is 11.5 Å². The molecule has 20 heavy (non-hydrogen) atoms. The number of nitrogens with zero attached hydrogens (tertiary/aromatic N) is 2. The number of anilines is 2. The number of hydrogen-bond acceptors (Lipinski definition) is 4. The van der Waals surface area contributed by atoms with E-state index in [-0.39, 0.29) is 0 Å². The molecule has 1 aromatic heterocycles. The Morgan fingerprint density at radius 3 is 2.90 bits per heavy atom. The van der Waals surface area contributed by atoms with Crippen LogP contribution < -0.4 is 10.2 Å². The smallest absolute Gasteiger partial charge is 0.124 e. The largest absolute Gasteiger partial charge is 0.330 e. The molecule has 0 bridgehead atoms. The highest BCUT2D eigenvalue weighted by molar-refractivity contribution is 7.12. The third-order valence-electron chi connectivity index (χ3n) is 3.72. The summed E-state index contributed by atoms with van der Waals surface area (Å²) < 4.78 is 4.58. The van der Waals surface area contributed by atoms with Gasteiger partial charge in [-0.05, 0) is 35.3 Å². The van der Waals surface area contributed by atoms with Crippen molar-refractivity contribution in [3.8, 4) is 0 Å². The molecule has 0 saturated heterocycles. The molecule has 4 rings (SSSR count). The van der Waals surface area contributed by atoms with E-state index in [1.807, 2.05) is 6.07 Å². The first kappa shape index (κ1) is 11.9. The van der Waals surface area contributed by atoms with Crippen LogP contribution in [0.1, 0.15) is 5.56 Å². The van der Waals surface area contributed by atoms with Gasteiger partial charge in [0.2, 0.25) is 0 Å². The van der Waals surface area contributed by atoms with E-state index in [1.165, 1.54) is 21.6 Å². The molecular weight excluding hydrogens is 266 g/mol. The number of hydrogen-bond donors (Lipinski definition) is 1. The maximum absolute atomic E-state index is 4.58. The number of nitrogens with one attached hydrogen (secondary N) is 1. The zero-order valence-electron chi connectivity index (χ0n) is 11.0. The van der Waals surface area contributed by atoms with Crippen LogP contribution in [0, 0.1) is 0 Å². The Labute approximate surface area is 122 Å². The van der Waals surface area contributed by atoms with Crippen molar-refractivity contribution in [1.29, 1.82) is 0 Å². The van der Waals surface area contributed by atoms with Gasteiger partial charge in [-0.25, -0.2) is 0 Å². The molecule has 0 fully saturated rings. The van der Waals surface area contributed by atoms with Crippen molar-refractivity contribution in [2.75, 3.05) is 18.0 Å². The van der Waals surface area contributed by atoms with Crippen molar-refractivity contribution in [3.63, 3.8) is 0 Å². The lowest BCUT2D eigenvalue weighted by Crippen LogP contribution is -2.23. The molecule has 0 amide bonds. The molecule has 0 radical (unpaired) electrons. The molecule has 0 aliphatic carbocycles. The minimum atomic E-state index is 0.934. The lowest BCUT2D eigenvalue weighted by atomic mass is 10.1. The van der Waals surface area contributed by atoms with Crippen molar-refractivity contribution in [1.82, 2.24) is 9.69 Å². The summed E-state index contributed by atoms with van der Waals surface area (Å²) in [5.74, 6) is 0. The second-order valence-electron chi connectivity index (χ2n) is 4.96. The summed E-state index contributed by atoms with van der Waals surface area (Å²) in [5, 5.41) is 5.98. The molecule has 4 heteroatoms. The van der Waals surface area contributed by atoms with Gasteiger partial charge in [-0.3, -0.25) is 0 Å². The Kier molecular flexibility index (Phi) is 2.90. The molecule has 3 nitrogen and oxygen atoms in total. The van der Waals surface area contributed by atoms with Crippen LogP contribution in [0.5, 0.6) is 0 Å². The van der Waals surface area contributed by atoms with Crippen LogP contribution in [0.2, 0.25) is 0 Å². The molecule has 0 spiro atoms. The summed E-state index contributed by atoms with van der Waals surface area (Å²) in [6.07, 6.45) is 0. The van der Waals surface area contributed by atoms with Crippen LogP contribution in [0.4, 0.5) is 10.7 Å². The Morgan fingerprint density at radius 1 is 1.05 bits per heavy atom. The van der Waals surface area contributed by atoms with Gasteiger partial charge in [-0.15, -0.1) is 0 Å². The minimum Gasteiger partial charge on any atom is -0.330 e. The third kappa shape index (κ3) is 1.88. The van der Waals surface area contributed by atoms with Crippen molar-refractivity contribution in [3.05, 3.63) is 54.1 Å². The molecule has 2 heterocycles. The molecular formula is C16H15N3S. The van der Waals surface area contributed by atoms with Gasteiger partial charge in [0, 0.05) is 30.7 Å². The molecule has 0 saturated carbocycles. The Morgan fingerprint density at radius 2 is 1.90 bits per heavy atom. The second kappa shape index (κ2) is 4.89. The number of para-hydroxylation sites is 1. The van der Waals surface area contributed by atoms with Gasteiger partial charge in [0.05, 0.1) is 5.52 Å². The fraction of sp³-hybridized carbons (Fsp3) is 0.188. The predicted octanol–water partition coefficient (Wildman–Crippen LogP) is 3.54. The van der Waals surface area contributed by atoms with E-state index in [0.717, 1.165) is 25.2 Å². The zero-order chi connectivity index (χ0) is 13.4. The van der Waals surface area contributed by atoms with Crippen LogP contribution in [0.3, 0.4) is 0 Å².